The molecule has 0 bridgehead atoms. The second kappa shape index (κ2) is 6.19. The number of fused-ring (bicyclic) bond motifs is 1. The Kier molecular flexibility index (Phi) is 4.07. The van der Waals surface area contributed by atoms with Crippen LogP contribution in [0.4, 0.5) is 0 Å². The van der Waals surface area contributed by atoms with Gasteiger partial charge in [-0.05, 0) is 43.9 Å². The Morgan fingerprint density at radius 2 is 1.68 bits per heavy atom. The molecule has 2 aliphatic rings. The minimum atomic E-state index is 0.562. The fourth-order valence-electron chi connectivity index (χ4n) is 3.87. The monoisotopic (exact) mass is 318 g/mol. The van der Waals surface area contributed by atoms with Gasteiger partial charge in [0.2, 0.25) is 0 Å². The van der Waals surface area contributed by atoms with Crippen LogP contribution in [0.25, 0.3) is 11.0 Å². The number of aromatic nitrogens is 2. The van der Waals surface area contributed by atoms with Crippen LogP contribution >= 0.6 is 11.6 Å². The number of benzene rings is 1. The van der Waals surface area contributed by atoms with Crippen LogP contribution < -0.4 is 0 Å². The summed E-state index contributed by atoms with van der Waals surface area (Å²) in [5.41, 5.74) is 2.21. The molecule has 0 amide bonds. The maximum absolute atomic E-state index is 6.06. The molecular weight excluding hydrogens is 296 g/mol. The Hall–Kier alpha value is -1.10. The van der Waals surface area contributed by atoms with E-state index in [-0.39, 0.29) is 0 Å². The Morgan fingerprint density at radius 1 is 0.955 bits per heavy atom. The highest BCUT2D eigenvalue weighted by atomic mass is 35.5. The van der Waals surface area contributed by atoms with Crippen LogP contribution in [-0.4, -0.2) is 45.7 Å². The molecule has 118 valence electrons. The summed E-state index contributed by atoms with van der Waals surface area (Å²) in [4.78, 5) is 4.52. The topological polar surface area (TPSA) is 24.3 Å². The number of nitrogens with zero attached hydrogens (tertiary/aromatic N) is 4. The van der Waals surface area contributed by atoms with Gasteiger partial charge in [0.25, 0.3) is 0 Å². The van der Waals surface area contributed by atoms with Gasteiger partial charge in [0, 0.05) is 37.2 Å². The zero-order chi connectivity index (χ0) is 14.9. The van der Waals surface area contributed by atoms with E-state index in [0.29, 0.717) is 6.04 Å². The number of hydrazine groups is 1. The molecule has 3 heterocycles. The van der Waals surface area contributed by atoms with Crippen molar-refractivity contribution in [2.45, 2.75) is 38.1 Å². The van der Waals surface area contributed by atoms with Gasteiger partial charge in [0.15, 0.2) is 0 Å². The first-order valence-corrected chi connectivity index (χ1v) is 8.81. The summed E-state index contributed by atoms with van der Waals surface area (Å²) in [6.07, 6.45) is 8.49. The third kappa shape index (κ3) is 2.75. The van der Waals surface area contributed by atoms with Crippen LogP contribution in [0.3, 0.4) is 0 Å². The van der Waals surface area contributed by atoms with Crippen LogP contribution in [0.15, 0.2) is 24.5 Å². The number of hydrogen-bond donors (Lipinski definition) is 0. The van der Waals surface area contributed by atoms with Gasteiger partial charge < -0.3 is 4.57 Å². The molecule has 4 nitrogen and oxygen atoms in total. The Morgan fingerprint density at radius 3 is 2.45 bits per heavy atom. The van der Waals surface area contributed by atoms with Crippen molar-refractivity contribution in [1.82, 2.24) is 19.6 Å². The maximum atomic E-state index is 6.06. The predicted octanol–water partition coefficient (Wildman–Crippen LogP) is 3.73. The van der Waals surface area contributed by atoms with Gasteiger partial charge in [-0.2, -0.15) is 0 Å². The predicted molar refractivity (Wildman–Crippen MR) is 90.0 cm³/mol. The number of imidazole rings is 1. The highest BCUT2D eigenvalue weighted by molar-refractivity contribution is 6.31. The quantitative estimate of drug-likeness (QED) is 0.843. The number of halogens is 1. The van der Waals surface area contributed by atoms with Crippen molar-refractivity contribution >= 4 is 22.6 Å². The van der Waals surface area contributed by atoms with Crippen molar-refractivity contribution in [2.24, 2.45) is 0 Å². The van der Waals surface area contributed by atoms with E-state index < -0.39 is 0 Å². The molecule has 22 heavy (non-hydrogen) atoms. The normalized spacial score (nSPS) is 22.4. The highest BCUT2D eigenvalue weighted by Gasteiger charge is 2.26. The minimum absolute atomic E-state index is 0.562. The van der Waals surface area contributed by atoms with Crippen LogP contribution in [0.1, 0.15) is 38.1 Å². The first-order chi connectivity index (χ1) is 10.8. The first-order valence-electron chi connectivity index (χ1n) is 8.43. The molecule has 0 radical (unpaired) electrons. The van der Waals surface area contributed by atoms with Crippen molar-refractivity contribution < 1.29 is 0 Å². The number of hydrogen-bond acceptors (Lipinski definition) is 3. The van der Waals surface area contributed by atoms with E-state index in [9.17, 15) is 0 Å². The molecule has 5 heteroatoms. The van der Waals surface area contributed by atoms with Crippen molar-refractivity contribution in [3.8, 4) is 0 Å². The second-order valence-electron chi connectivity index (χ2n) is 6.48. The SMILES string of the molecule is Clc1ccc2c(c1)ncn2C1CCN(N2CCCCC2)CC1. The van der Waals surface area contributed by atoms with E-state index in [4.69, 9.17) is 11.6 Å². The van der Waals surface area contributed by atoms with E-state index >= 15 is 0 Å². The average molecular weight is 319 g/mol. The smallest absolute Gasteiger partial charge is 0.0960 e. The summed E-state index contributed by atoms with van der Waals surface area (Å²) in [6.45, 7) is 4.82. The summed E-state index contributed by atoms with van der Waals surface area (Å²) < 4.78 is 2.35. The third-order valence-electron chi connectivity index (χ3n) is 5.10. The highest BCUT2D eigenvalue weighted by Crippen LogP contribution is 2.28. The lowest BCUT2D eigenvalue weighted by molar-refractivity contribution is -0.0593. The van der Waals surface area contributed by atoms with E-state index in [2.05, 4.69) is 25.6 Å². The van der Waals surface area contributed by atoms with Crippen LogP contribution in [0.2, 0.25) is 5.02 Å². The van der Waals surface area contributed by atoms with Crippen molar-refractivity contribution in [1.29, 1.82) is 0 Å². The molecule has 2 saturated heterocycles. The zero-order valence-electron chi connectivity index (χ0n) is 12.9. The third-order valence-corrected chi connectivity index (χ3v) is 5.34. The second-order valence-corrected chi connectivity index (χ2v) is 6.92. The summed E-state index contributed by atoms with van der Waals surface area (Å²) in [5.74, 6) is 0. The van der Waals surface area contributed by atoms with E-state index in [1.165, 1.54) is 50.7 Å². The van der Waals surface area contributed by atoms with E-state index in [1.807, 2.05) is 18.5 Å². The molecule has 2 aliphatic heterocycles. The molecule has 1 aromatic carbocycles. The van der Waals surface area contributed by atoms with Gasteiger partial charge in [0.05, 0.1) is 17.4 Å². The lowest BCUT2D eigenvalue weighted by Crippen LogP contribution is -2.49. The lowest BCUT2D eigenvalue weighted by atomic mass is 10.1. The number of rotatable bonds is 2. The largest absolute Gasteiger partial charge is 0.327 e. The Bertz CT molecular complexity index is 639. The summed E-state index contributed by atoms with van der Waals surface area (Å²) in [7, 11) is 0. The van der Waals surface area contributed by atoms with Gasteiger partial charge in [-0.3, -0.25) is 0 Å². The van der Waals surface area contributed by atoms with Crippen LogP contribution in [0, 0.1) is 0 Å². The zero-order valence-corrected chi connectivity index (χ0v) is 13.7. The molecule has 0 saturated carbocycles. The van der Waals surface area contributed by atoms with Crippen molar-refractivity contribution in [3.05, 3.63) is 29.5 Å². The lowest BCUT2D eigenvalue weighted by Gasteiger charge is -2.41. The maximum Gasteiger partial charge on any atom is 0.0960 e. The molecule has 0 spiro atoms. The van der Waals surface area contributed by atoms with Gasteiger partial charge >= 0.3 is 0 Å². The van der Waals surface area contributed by atoms with Gasteiger partial charge in [0.1, 0.15) is 0 Å². The molecule has 2 fully saturated rings. The Balaban J connectivity index is 1.46. The van der Waals surface area contributed by atoms with Gasteiger partial charge in [-0.15, -0.1) is 0 Å². The standard InChI is InChI=1S/C17H23ClN4/c18-14-4-5-17-16(12-14)19-13-22(17)15-6-10-21(11-7-15)20-8-2-1-3-9-20/h4-5,12-13,15H,1-3,6-11H2. The summed E-state index contributed by atoms with van der Waals surface area (Å²) in [5, 5.41) is 5.91. The molecule has 0 atom stereocenters. The minimum Gasteiger partial charge on any atom is -0.327 e. The summed E-state index contributed by atoms with van der Waals surface area (Å²) >= 11 is 6.06. The van der Waals surface area contributed by atoms with E-state index in [1.54, 1.807) is 0 Å². The average Bonchev–Trinajstić information content (AvgIpc) is 2.99. The molecular formula is C17H23ClN4. The van der Waals surface area contributed by atoms with Gasteiger partial charge in [-0.25, -0.2) is 15.0 Å². The van der Waals surface area contributed by atoms with Crippen LogP contribution in [0.5, 0.6) is 0 Å². The first kappa shape index (κ1) is 14.5. The van der Waals surface area contributed by atoms with Crippen molar-refractivity contribution in [3.63, 3.8) is 0 Å². The summed E-state index contributed by atoms with van der Waals surface area (Å²) in [6, 6.07) is 6.58. The molecule has 1 aromatic heterocycles. The fraction of sp³-hybridized carbons (Fsp3) is 0.588. The number of piperidine rings is 2. The Labute approximate surface area is 136 Å². The van der Waals surface area contributed by atoms with Gasteiger partial charge in [-0.1, -0.05) is 18.0 Å². The van der Waals surface area contributed by atoms with E-state index in [0.717, 1.165) is 23.6 Å². The molecule has 0 unspecified atom stereocenters. The van der Waals surface area contributed by atoms with Crippen molar-refractivity contribution in [2.75, 3.05) is 26.2 Å². The van der Waals surface area contributed by atoms with Crippen LogP contribution in [-0.2, 0) is 0 Å². The fourth-order valence-corrected chi connectivity index (χ4v) is 4.04. The molecule has 0 aliphatic carbocycles. The molecule has 2 aromatic rings. The molecule has 4 rings (SSSR count). The molecule has 0 N–H and O–H groups in total.